The van der Waals surface area contributed by atoms with Crippen molar-refractivity contribution in [1.29, 1.82) is 0 Å². The van der Waals surface area contributed by atoms with Gasteiger partial charge in [-0.05, 0) is 26.2 Å². The topological polar surface area (TPSA) is 69.6 Å². The number of nitrogens with zero attached hydrogens (tertiary/aromatic N) is 1. The number of aliphatic carboxylic acids is 1. The second-order valence-electron chi connectivity index (χ2n) is 4.71. The molecule has 17 heavy (non-hydrogen) atoms. The fraction of sp³-hybridized carbons (Fsp3) is 0.833. The molecule has 1 atom stereocenters. The van der Waals surface area contributed by atoms with Crippen LogP contribution in [0.4, 0.5) is 4.79 Å². The lowest BCUT2D eigenvalue weighted by Gasteiger charge is -2.28. The predicted molar refractivity (Wildman–Crippen MR) is 64.9 cm³/mol. The summed E-state index contributed by atoms with van der Waals surface area (Å²) >= 11 is 0. The molecule has 1 fully saturated rings. The predicted octanol–water partition coefficient (Wildman–Crippen LogP) is 1.82. The Bertz CT molecular complexity index is 275. The van der Waals surface area contributed by atoms with Crippen molar-refractivity contribution in [2.75, 3.05) is 6.54 Å². The Balaban J connectivity index is 2.54. The summed E-state index contributed by atoms with van der Waals surface area (Å²) < 4.78 is 0. The molecule has 0 aromatic heterocycles. The van der Waals surface area contributed by atoms with E-state index in [1.54, 1.807) is 0 Å². The number of hydrogen-bond acceptors (Lipinski definition) is 2. The van der Waals surface area contributed by atoms with Crippen molar-refractivity contribution < 1.29 is 14.7 Å². The third-order valence-corrected chi connectivity index (χ3v) is 3.37. The zero-order valence-corrected chi connectivity index (χ0v) is 10.6. The van der Waals surface area contributed by atoms with Crippen LogP contribution in [-0.4, -0.2) is 40.6 Å². The summed E-state index contributed by atoms with van der Waals surface area (Å²) in [4.78, 5) is 24.1. The van der Waals surface area contributed by atoms with Crippen molar-refractivity contribution in [2.24, 2.45) is 0 Å². The van der Waals surface area contributed by atoms with Crippen LogP contribution < -0.4 is 5.32 Å². The van der Waals surface area contributed by atoms with Gasteiger partial charge in [-0.3, -0.25) is 4.79 Å². The molecule has 1 aliphatic rings. The van der Waals surface area contributed by atoms with E-state index in [-0.39, 0.29) is 24.7 Å². The van der Waals surface area contributed by atoms with Gasteiger partial charge in [-0.15, -0.1) is 0 Å². The van der Waals surface area contributed by atoms with Crippen LogP contribution in [0.2, 0.25) is 0 Å². The summed E-state index contributed by atoms with van der Waals surface area (Å²) in [5.74, 6) is -0.966. The van der Waals surface area contributed by atoms with E-state index in [9.17, 15) is 9.59 Å². The molecule has 5 nitrogen and oxygen atoms in total. The zero-order valence-electron chi connectivity index (χ0n) is 10.6. The number of urea groups is 1. The fourth-order valence-corrected chi connectivity index (χ4v) is 2.12. The second-order valence-corrected chi connectivity index (χ2v) is 4.71. The Kier molecular flexibility index (Phi) is 5.25. The van der Waals surface area contributed by atoms with E-state index in [1.165, 1.54) is 4.90 Å². The first-order chi connectivity index (χ1) is 8.04. The number of carboxylic acid groups (broad SMARTS) is 1. The van der Waals surface area contributed by atoms with Crippen LogP contribution in [0.25, 0.3) is 0 Å². The van der Waals surface area contributed by atoms with E-state index < -0.39 is 5.97 Å². The quantitative estimate of drug-likeness (QED) is 0.772. The highest BCUT2D eigenvalue weighted by molar-refractivity contribution is 5.80. The minimum absolute atomic E-state index is 0.0486. The van der Waals surface area contributed by atoms with Crippen molar-refractivity contribution in [3.05, 3.63) is 0 Å². The molecule has 2 amide bonds. The van der Waals surface area contributed by atoms with Gasteiger partial charge in [0.15, 0.2) is 0 Å². The van der Waals surface area contributed by atoms with Crippen LogP contribution in [0.3, 0.4) is 0 Å². The summed E-state index contributed by atoms with van der Waals surface area (Å²) in [6.45, 7) is 3.59. The van der Waals surface area contributed by atoms with Crippen molar-refractivity contribution in [3.63, 3.8) is 0 Å². The number of carbonyl (C=O) groups excluding carboxylic acids is 1. The molecule has 0 saturated heterocycles. The van der Waals surface area contributed by atoms with Crippen LogP contribution in [0.1, 0.15) is 46.0 Å². The first kappa shape index (κ1) is 13.8. The summed E-state index contributed by atoms with van der Waals surface area (Å²) in [6, 6.07) is -0.0657. The largest absolute Gasteiger partial charge is 0.480 e. The first-order valence-electron chi connectivity index (χ1n) is 6.33. The van der Waals surface area contributed by atoms with Crippen molar-refractivity contribution in [3.8, 4) is 0 Å². The standard InChI is InChI=1S/C12H22N2O3/c1-3-9(2)14(8-11(15)16)12(17)13-10-6-4-5-7-10/h9-10H,3-8H2,1-2H3,(H,13,17)(H,15,16). The molecule has 1 unspecified atom stereocenters. The molecule has 98 valence electrons. The van der Waals surface area contributed by atoms with Crippen molar-refractivity contribution in [2.45, 2.75) is 58.0 Å². The third kappa shape index (κ3) is 4.24. The monoisotopic (exact) mass is 242 g/mol. The zero-order chi connectivity index (χ0) is 12.8. The van der Waals surface area contributed by atoms with E-state index >= 15 is 0 Å². The molecule has 1 saturated carbocycles. The van der Waals surface area contributed by atoms with Gasteiger partial charge in [0.05, 0.1) is 0 Å². The molecule has 0 aromatic rings. The van der Waals surface area contributed by atoms with E-state index in [1.807, 2.05) is 13.8 Å². The van der Waals surface area contributed by atoms with Crippen LogP contribution in [0.5, 0.6) is 0 Å². The molecule has 0 heterocycles. The van der Waals surface area contributed by atoms with E-state index in [0.717, 1.165) is 32.1 Å². The Hall–Kier alpha value is -1.26. The van der Waals surface area contributed by atoms with Gasteiger partial charge in [0.2, 0.25) is 0 Å². The molecule has 0 aliphatic heterocycles. The molecule has 0 radical (unpaired) electrons. The molecule has 2 N–H and O–H groups in total. The van der Waals surface area contributed by atoms with Crippen LogP contribution in [0.15, 0.2) is 0 Å². The lowest BCUT2D eigenvalue weighted by Crippen LogP contribution is -2.49. The highest BCUT2D eigenvalue weighted by Crippen LogP contribution is 2.18. The highest BCUT2D eigenvalue weighted by Gasteiger charge is 2.24. The third-order valence-electron chi connectivity index (χ3n) is 3.37. The average Bonchev–Trinajstić information content (AvgIpc) is 2.77. The van der Waals surface area contributed by atoms with Gasteiger partial charge in [0.25, 0.3) is 0 Å². The maximum absolute atomic E-state index is 12.0. The normalized spacial score (nSPS) is 17.8. The van der Waals surface area contributed by atoms with Crippen molar-refractivity contribution in [1.82, 2.24) is 10.2 Å². The van der Waals surface area contributed by atoms with Gasteiger partial charge in [-0.2, -0.15) is 0 Å². The lowest BCUT2D eigenvalue weighted by molar-refractivity contribution is -0.138. The van der Waals surface area contributed by atoms with Gasteiger partial charge in [-0.25, -0.2) is 4.79 Å². The minimum atomic E-state index is -0.966. The van der Waals surface area contributed by atoms with Crippen molar-refractivity contribution >= 4 is 12.0 Å². The number of nitrogens with one attached hydrogen (secondary N) is 1. The SMILES string of the molecule is CCC(C)N(CC(=O)O)C(=O)NC1CCCC1. The van der Waals surface area contributed by atoms with Crippen LogP contribution in [-0.2, 0) is 4.79 Å². The fourth-order valence-electron chi connectivity index (χ4n) is 2.12. The summed E-state index contributed by atoms with van der Waals surface area (Å²) in [5.41, 5.74) is 0. The highest BCUT2D eigenvalue weighted by atomic mass is 16.4. The van der Waals surface area contributed by atoms with E-state index in [2.05, 4.69) is 5.32 Å². The Morgan fingerprint density at radius 3 is 2.47 bits per heavy atom. The molecular weight excluding hydrogens is 220 g/mol. The smallest absolute Gasteiger partial charge is 0.323 e. The molecule has 5 heteroatoms. The Morgan fingerprint density at radius 2 is 2.00 bits per heavy atom. The Labute approximate surface area is 102 Å². The first-order valence-corrected chi connectivity index (χ1v) is 6.33. The van der Waals surface area contributed by atoms with E-state index in [4.69, 9.17) is 5.11 Å². The van der Waals surface area contributed by atoms with Gasteiger partial charge >= 0.3 is 12.0 Å². The molecule has 1 rings (SSSR count). The van der Waals surface area contributed by atoms with Gasteiger partial charge in [0.1, 0.15) is 6.54 Å². The number of amides is 2. The van der Waals surface area contributed by atoms with Gasteiger partial charge < -0.3 is 15.3 Å². The minimum Gasteiger partial charge on any atom is -0.480 e. The summed E-state index contributed by atoms with van der Waals surface area (Å²) in [6.07, 6.45) is 5.06. The summed E-state index contributed by atoms with van der Waals surface area (Å²) in [5, 5.41) is 11.7. The number of hydrogen-bond donors (Lipinski definition) is 2. The second kappa shape index (κ2) is 6.47. The number of carbonyl (C=O) groups is 2. The van der Waals surface area contributed by atoms with Gasteiger partial charge in [0, 0.05) is 12.1 Å². The maximum Gasteiger partial charge on any atom is 0.323 e. The Morgan fingerprint density at radius 1 is 1.41 bits per heavy atom. The summed E-state index contributed by atoms with van der Waals surface area (Å²) in [7, 11) is 0. The molecule has 0 aromatic carbocycles. The molecule has 0 spiro atoms. The lowest BCUT2D eigenvalue weighted by atomic mass is 10.2. The molecule has 1 aliphatic carbocycles. The van der Waals surface area contributed by atoms with Gasteiger partial charge in [-0.1, -0.05) is 19.8 Å². The maximum atomic E-state index is 12.0. The average molecular weight is 242 g/mol. The molecular formula is C12H22N2O3. The number of carboxylic acids is 1. The van der Waals surface area contributed by atoms with Crippen LogP contribution >= 0.6 is 0 Å². The van der Waals surface area contributed by atoms with Crippen LogP contribution in [0, 0.1) is 0 Å². The molecule has 0 bridgehead atoms. The van der Waals surface area contributed by atoms with E-state index in [0.29, 0.717) is 0 Å². The number of rotatable bonds is 5.